The minimum absolute atomic E-state index is 0.0702. The Labute approximate surface area is 113 Å². The molecule has 1 saturated heterocycles. The van der Waals surface area contributed by atoms with Gasteiger partial charge in [-0.25, -0.2) is 8.78 Å². The number of halogens is 2. The van der Waals surface area contributed by atoms with E-state index in [1.54, 1.807) is 0 Å². The van der Waals surface area contributed by atoms with E-state index in [0.717, 1.165) is 13.0 Å². The van der Waals surface area contributed by atoms with E-state index in [1.807, 2.05) is 4.90 Å². The van der Waals surface area contributed by atoms with E-state index in [1.165, 1.54) is 0 Å². The topological polar surface area (TPSA) is 46.3 Å². The van der Waals surface area contributed by atoms with Crippen molar-refractivity contribution in [3.63, 3.8) is 0 Å². The van der Waals surface area contributed by atoms with Crippen LogP contribution in [0, 0.1) is 17.8 Å². The van der Waals surface area contributed by atoms with Gasteiger partial charge in [0.05, 0.1) is 0 Å². The number of amides is 1. The maximum atomic E-state index is 13.1. The predicted octanol–water partition coefficient (Wildman–Crippen LogP) is 2.26. The number of piperidine rings is 1. The van der Waals surface area contributed by atoms with Gasteiger partial charge in [0.1, 0.15) is 0 Å². The fraction of sp³-hybridized carbons (Fsp3) is 0.929. The van der Waals surface area contributed by atoms with Gasteiger partial charge in [-0.05, 0) is 37.6 Å². The van der Waals surface area contributed by atoms with Gasteiger partial charge in [0.15, 0.2) is 0 Å². The van der Waals surface area contributed by atoms with Gasteiger partial charge in [-0.15, -0.1) is 0 Å². The van der Waals surface area contributed by atoms with Crippen molar-refractivity contribution in [2.75, 3.05) is 19.6 Å². The Morgan fingerprint density at radius 1 is 1.32 bits per heavy atom. The quantitative estimate of drug-likeness (QED) is 0.839. The van der Waals surface area contributed by atoms with Crippen molar-refractivity contribution in [3.05, 3.63) is 0 Å². The molecule has 1 saturated carbocycles. The average Bonchev–Trinajstić information content (AvgIpc) is 2.38. The lowest BCUT2D eigenvalue weighted by atomic mass is 9.83. The number of hydrogen-bond donors (Lipinski definition) is 1. The Balaban J connectivity index is 1.90. The minimum Gasteiger partial charge on any atom is -0.342 e. The highest BCUT2D eigenvalue weighted by atomic mass is 19.3. The summed E-state index contributed by atoms with van der Waals surface area (Å²) < 4.78 is 26.2. The van der Waals surface area contributed by atoms with Crippen LogP contribution in [0.4, 0.5) is 8.78 Å². The molecule has 2 atom stereocenters. The summed E-state index contributed by atoms with van der Waals surface area (Å²) in [5, 5.41) is 0. The molecule has 0 bridgehead atoms. The third-order valence-corrected chi connectivity index (χ3v) is 4.79. The smallest absolute Gasteiger partial charge is 0.248 e. The lowest BCUT2D eigenvalue weighted by molar-refractivity contribution is -0.142. The highest BCUT2D eigenvalue weighted by Crippen LogP contribution is 2.37. The lowest BCUT2D eigenvalue weighted by Gasteiger charge is -2.39. The summed E-state index contributed by atoms with van der Waals surface area (Å²) in [6, 6.07) is 0. The van der Waals surface area contributed by atoms with Crippen LogP contribution in [0.25, 0.3) is 0 Å². The first-order valence-corrected chi connectivity index (χ1v) is 7.29. The normalized spacial score (nSPS) is 32.3. The molecule has 0 radical (unpaired) electrons. The summed E-state index contributed by atoms with van der Waals surface area (Å²) in [6.07, 6.45) is 1.33. The molecular weight excluding hydrogens is 250 g/mol. The summed E-state index contributed by atoms with van der Waals surface area (Å²) in [7, 11) is 0. The molecule has 2 fully saturated rings. The molecule has 1 amide bonds. The SMILES string of the molecule is CC1CCN(C(=O)C2CCC(F)(F)CC2)CC1CN. The van der Waals surface area contributed by atoms with Crippen molar-refractivity contribution >= 4 is 5.91 Å². The van der Waals surface area contributed by atoms with E-state index in [9.17, 15) is 13.6 Å². The molecule has 0 aromatic heterocycles. The fourth-order valence-corrected chi connectivity index (χ4v) is 3.20. The van der Waals surface area contributed by atoms with Gasteiger partial charge in [-0.2, -0.15) is 0 Å². The lowest BCUT2D eigenvalue weighted by Crippen LogP contribution is -2.48. The van der Waals surface area contributed by atoms with Crippen molar-refractivity contribution in [1.29, 1.82) is 0 Å². The molecule has 0 aromatic carbocycles. The fourth-order valence-electron chi connectivity index (χ4n) is 3.20. The molecular formula is C14H24F2N2O. The zero-order valence-corrected chi connectivity index (χ0v) is 11.6. The van der Waals surface area contributed by atoms with Crippen molar-refractivity contribution in [1.82, 2.24) is 4.90 Å². The van der Waals surface area contributed by atoms with Crippen molar-refractivity contribution < 1.29 is 13.6 Å². The maximum Gasteiger partial charge on any atom is 0.248 e. The Morgan fingerprint density at radius 3 is 2.53 bits per heavy atom. The standard InChI is InChI=1S/C14H24F2N2O/c1-10-4-7-18(9-12(10)8-17)13(19)11-2-5-14(15,16)6-3-11/h10-12H,2-9,17H2,1H3. The Hall–Kier alpha value is -0.710. The van der Waals surface area contributed by atoms with E-state index in [0.29, 0.717) is 37.8 Å². The summed E-state index contributed by atoms with van der Waals surface area (Å²) in [5.74, 6) is -1.80. The molecule has 3 nitrogen and oxygen atoms in total. The second-order valence-corrected chi connectivity index (χ2v) is 6.18. The third-order valence-electron chi connectivity index (χ3n) is 4.79. The van der Waals surface area contributed by atoms with Crippen molar-refractivity contribution in [2.45, 2.75) is 45.0 Å². The van der Waals surface area contributed by atoms with Crippen LogP contribution >= 0.6 is 0 Å². The van der Waals surface area contributed by atoms with E-state index in [4.69, 9.17) is 5.73 Å². The first-order chi connectivity index (χ1) is 8.93. The van der Waals surface area contributed by atoms with E-state index >= 15 is 0 Å². The number of alkyl halides is 2. The zero-order chi connectivity index (χ0) is 14.0. The Morgan fingerprint density at radius 2 is 1.95 bits per heavy atom. The van der Waals surface area contributed by atoms with Crippen LogP contribution in [0.3, 0.4) is 0 Å². The van der Waals surface area contributed by atoms with Crippen LogP contribution < -0.4 is 5.73 Å². The summed E-state index contributed by atoms with van der Waals surface area (Å²) in [4.78, 5) is 14.2. The van der Waals surface area contributed by atoms with Gasteiger partial charge < -0.3 is 10.6 Å². The number of likely N-dealkylation sites (tertiary alicyclic amines) is 1. The highest BCUT2D eigenvalue weighted by molar-refractivity contribution is 5.79. The zero-order valence-electron chi connectivity index (χ0n) is 11.6. The number of nitrogens with zero attached hydrogens (tertiary/aromatic N) is 1. The van der Waals surface area contributed by atoms with Gasteiger partial charge in [0, 0.05) is 31.8 Å². The van der Waals surface area contributed by atoms with Gasteiger partial charge in [0.25, 0.3) is 0 Å². The van der Waals surface area contributed by atoms with Crippen LogP contribution in [0.1, 0.15) is 39.0 Å². The molecule has 2 unspecified atom stereocenters. The Kier molecular flexibility index (Phi) is 4.43. The first kappa shape index (κ1) is 14.7. The second-order valence-electron chi connectivity index (χ2n) is 6.18. The largest absolute Gasteiger partial charge is 0.342 e. The highest BCUT2D eigenvalue weighted by Gasteiger charge is 2.39. The molecule has 1 heterocycles. The van der Waals surface area contributed by atoms with E-state index in [-0.39, 0.29) is 24.7 Å². The molecule has 2 rings (SSSR count). The second kappa shape index (κ2) is 5.73. The van der Waals surface area contributed by atoms with Gasteiger partial charge in [0.2, 0.25) is 11.8 Å². The van der Waals surface area contributed by atoms with Gasteiger partial charge >= 0.3 is 0 Å². The molecule has 1 aliphatic carbocycles. The molecule has 1 aliphatic heterocycles. The first-order valence-electron chi connectivity index (χ1n) is 7.29. The van der Waals surface area contributed by atoms with Crippen LogP contribution in [-0.4, -0.2) is 36.4 Å². The predicted molar refractivity (Wildman–Crippen MR) is 69.8 cm³/mol. The summed E-state index contributed by atoms with van der Waals surface area (Å²) in [5.41, 5.74) is 5.73. The number of hydrogen-bond acceptors (Lipinski definition) is 2. The third kappa shape index (κ3) is 3.44. The molecule has 0 spiro atoms. The molecule has 0 aromatic rings. The molecule has 110 valence electrons. The van der Waals surface area contributed by atoms with Crippen LogP contribution in [0.15, 0.2) is 0 Å². The minimum atomic E-state index is -2.56. The summed E-state index contributed by atoms with van der Waals surface area (Å²) in [6.45, 7) is 4.21. The van der Waals surface area contributed by atoms with Crippen molar-refractivity contribution in [2.24, 2.45) is 23.5 Å². The van der Waals surface area contributed by atoms with E-state index in [2.05, 4.69) is 6.92 Å². The monoisotopic (exact) mass is 274 g/mol. The van der Waals surface area contributed by atoms with Crippen LogP contribution in [0.2, 0.25) is 0 Å². The van der Waals surface area contributed by atoms with Crippen LogP contribution in [-0.2, 0) is 4.79 Å². The van der Waals surface area contributed by atoms with Crippen molar-refractivity contribution in [3.8, 4) is 0 Å². The number of rotatable bonds is 2. The van der Waals surface area contributed by atoms with E-state index < -0.39 is 5.92 Å². The van der Waals surface area contributed by atoms with Gasteiger partial charge in [-0.3, -0.25) is 4.79 Å². The molecule has 2 N–H and O–H groups in total. The molecule has 5 heteroatoms. The summed E-state index contributed by atoms with van der Waals surface area (Å²) >= 11 is 0. The average molecular weight is 274 g/mol. The molecule has 19 heavy (non-hydrogen) atoms. The number of carbonyl (C=O) groups is 1. The number of nitrogens with two attached hydrogens (primary N) is 1. The van der Waals surface area contributed by atoms with Gasteiger partial charge in [-0.1, -0.05) is 6.92 Å². The molecule has 2 aliphatic rings. The number of carbonyl (C=O) groups excluding carboxylic acids is 1. The van der Waals surface area contributed by atoms with Crippen LogP contribution in [0.5, 0.6) is 0 Å². The Bertz CT molecular complexity index is 325. The maximum absolute atomic E-state index is 13.1.